The smallest absolute Gasteiger partial charge is 0.416 e. The standard InChI is InChI=1S/C19H15ClF3NO5/c1-4-18(2,3)29-17(25)13-10-12(6-7-15(13)24(26)27)28-16-8-5-11(9-14(16)20)19(21,22)23/h4-10H,1H2,2-3H3. The van der Waals surface area contributed by atoms with E-state index in [0.717, 1.165) is 24.3 Å². The van der Waals surface area contributed by atoms with E-state index in [0.29, 0.717) is 6.07 Å². The summed E-state index contributed by atoms with van der Waals surface area (Å²) < 4.78 is 48.8. The van der Waals surface area contributed by atoms with Gasteiger partial charge in [-0.2, -0.15) is 13.2 Å². The second kappa shape index (κ2) is 8.12. The highest BCUT2D eigenvalue weighted by molar-refractivity contribution is 6.32. The predicted octanol–water partition coefficient (Wildman–Crippen LogP) is 6.18. The quantitative estimate of drug-likeness (QED) is 0.237. The van der Waals surface area contributed by atoms with Gasteiger partial charge in [0, 0.05) is 12.1 Å². The number of nitro groups is 1. The first-order valence-corrected chi connectivity index (χ1v) is 8.42. The van der Waals surface area contributed by atoms with Gasteiger partial charge in [-0.15, -0.1) is 0 Å². The van der Waals surface area contributed by atoms with Crippen LogP contribution < -0.4 is 4.74 Å². The Bertz CT molecular complexity index is 973. The molecule has 2 aromatic rings. The Morgan fingerprint density at radius 1 is 1.21 bits per heavy atom. The Morgan fingerprint density at radius 2 is 1.86 bits per heavy atom. The first kappa shape index (κ1) is 22.2. The number of nitro benzene ring substituents is 1. The number of ether oxygens (including phenoxy) is 2. The van der Waals surface area contributed by atoms with E-state index in [1.54, 1.807) is 0 Å². The minimum atomic E-state index is -4.58. The van der Waals surface area contributed by atoms with E-state index in [9.17, 15) is 28.1 Å². The molecule has 0 bridgehead atoms. The summed E-state index contributed by atoms with van der Waals surface area (Å²) >= 11 is 5.84. The predicted molar refractivity (Wildman–Crippen MR) is 99.3 cm³/mol. The fraction of sp³-hybridized carbons (Fsp3) is 0.211. The third kappa shape index (κ3) is 5.47. The summed E-state index contributed by atoms with van der Waals surface area (Å²) in [6.45, 7) is 6.58. The van der Waals surface area contributed by atoms with Gasteiger partial charge in [0.1, 0.15) is 22.7 Å². The molecular formula is C19H15ClF3NO5. The number of nitrogens with zero attached hydrogens (tertiary/aromatic N) is 1. The van der Waals surface area contributed by atoms with Crippen LogP contribution in [0.25, 0.3) is 0 Å². The Morgan fingerprint density at radius 3 is 2.38 bits per heavy atom. The minimum Gasteiger partial charge on any atom is -0.456 e. The van der Waals surface area contributed by atoms with Gasteiger partial charge in [0.25, 0.3) is 5.69 Å². The summed E-state index contributed by atoms with van der Waals surface area (Å²) in [5.74, 6) is -1.18. The van der Waals surface area contributed by atoms with E-state index in [2.05, 4.69) is 6.58 Å². The van der Waals surface area contributed by atoms with Crippen LogP contribution in [0, 0.1) is 10.1 Å². The molecule has 0 aromatic heterocycles. The van der Waals surface area contributed by atoms with Crippen LogP contribution in [0.2, 0.25) is 5.02 Å². The molecule has 0 fully saturated rings. The van der Waals surface area contributed by atoms with Crippen LogP contribution >= 0.6 is 11.6 Å². The molecule has 0 radical (unpaired) electrons. The van der Waals surface area contributed by atoms with E-state index >= 15 is 0 Å². The zero-order valence-corrected chi connectivity index (χ0v) is 16.0. The summed E-state index contributed by atoms with van der Waals surface area (Å²) in [4.78, 5) is 22.8. The molecule has 154 valence electrons. The number of esters is 1. The number of hydrogen-bond acceptors (Lipinski definition) is 5. The Labute approximate surface area is 168 Å². The summed E-state index contributed by atoms with van der Waals surface area (Å²) in [5, 5.41) is 10.9. The van der Waals surface area contributed by atoms with Crippen LogP contribution in [-0.2, 0) is 10.9 Å². The van der Waals surface area contributed by atoms with Crippen molar-refractivity contribution < 1.29 is 32.4 Å². The molecule has 2 rings (SSSR count). The third-order valence-corrected chi connectivity index (χ3v) is 4.01. The molecule has 29 heavy (non-hydrogen) atoms. The summed E-state index contributed by atoms with van der Waals surface area (Å²) in [5.41, 5.74) is -2.97. The maximum Gasteiger partial charge on any atom is 0.416 e. The van der Waals surface area contributed by atoms with Gasteiger partial charge in [-0.1, -0.05) is 18.2 Å². The molecule has 0 aliphatic carbocycles. The molecule has 10 heteroatoms. The number of benzene rings is 2. The lowest BCUT2D eigenvalue weighted by Gasteiger charge is -2.20. The fourth-order valence-electron chi connectivity index (χ4n) is 2.12. The molecule has 0 aliphatic rings. The Balaban J connectivity index is 2.39. The molecule has 0 saturated carbocycles. The van der Waals surface area contributed by atoms with Crippen molar-refractivity contribution in [3.8, 4) is 11.5 Å². The normalized spacial score (nSPS) is 11.7. The first-order valence-electron chi connectivity index (χ1n) is 8.04. The van der Waals surface area contributed by atoms with E-state index in [-0.39, 0.29) is 16.5 Å². The highest BCUT2D eigenvalue weighted by Crippen LogP contribution is 2.37. The third-order valence-electron chi connectivity index (χ3n) is 3.72. The van der Waals surface area contributed by atoms with Crippen molar-refractivity contribution in [3.63, 3.8) is 0 Å². The first-order chi connectivity index (χ1) is 13.3. The van der Waals surface area contributed by atoms with Crippen LogP contribution in [0.15, 0.2) is 49.1 Å². The van der Waals surface area contributed by atoms with E-state index in [1.807, 2.05) is 0 Å². The molecule has 0 heterocycles. The van der Waals surface area contributed by atoms with Gasteiger partial charge in [-0.3, -0.25) is 10.1 Å². The van der Waals surface area contributed by atoms with E-state index in [1.165, 1.54) is 26.0 Å². The molecule has 0 aliphatic heterocycles. The number of hydrogen-bond donors (Lipinski definition) is 0. The zero-order valence-electron chi connectivity index (χ0n) is 15.2. The number of rotatable bonds is 6. The van der Waals surface area contributed by atoms with Crippen molar-refractivity contribution in [1.29, 1.82) is 0 Å². The fourth-order valence-corrected chi connectivity index (χ4v) is 2.34. The van der Waals surface area contributed by atoms with Gasteiger partial charge in [0.2, 0.25) is 0 Å². The molecule has 6 nitrogen and oxygen atoms in total. The Hall–Kier alpha value is -3.07. The van der Waals surface area contributed by atoms with Crippen LogP contribution in [-0.4, -0.2) is 16.5 Å². The lowest BCUT2D eigenvalue weighted by atomic mass is 10.1. The van der Waals surface area contributed by atoms with Crippen molar-refractivity contribution in [3.05, 3.63) is 75.3 Å². The van der Waals surface area contributed by atoms with E-state index in [4.69, 9.17) is 21.1 Å². The molecule has 0 saturated heterocycles. The molecule has 2 aromatic carbocycles. The maximum absolute atomic E-state index is 12.7. The molecule has 0 atom stereocenters. The van der Waals surface area contributed by atoms with Crippen LogP contribution in [0.3, 0.4) is 0 Å². The number of carbonyl (C=O) groups is 1. The molecule has 0 spiro atoms. The van der Waals surface area contributed by atoms with Gasteiger partial charge >= 0.3 is 12.1 Å². The molecule has 0 amide bonds. The van der Waals surface area contributed by atoms with Crippen LogP contribution in [0.5, 0.6) is 11.5 Å². The largest absolute Gasteiger partial charge is 0.456 e. The minimum absolute atomic E-state index is 0.0550. The van der Waals surface area contributed by atoms with Crippen molar-refractivity contribution in [1.82, 2.24) is 0 Å². The number of carbonyl (C=O) groups excluding carboxylic acids is 1. The topological polar surface area (TPSA) is 78.7 Å². The van der Waals surface area contributed by atoms with Crippen molar-refractivity contribution in [2.45, 2.75) is 25.6 Å². The summed E-state index contributed by atoms with van der Waals surface area (Å²) in [7, 11) is 0. The molecule has 0 unspecified atom stereocenters. The molecule has 0 N–H and O–H groups in total. The SMILES string of the molecule is C=CC(C)(C)OC(=O)c1cc(Oc2ccc(C(F)(F)F)cc2Cl)ccc1[N+](=O)[O-]. The van der Waals surface area contributed by atoms with E-state index < -0.39 is 39.5 Å². The average Bonchev–Trinajstić information content (AvgIpc) is 2.62. The van der Waals surface area contributed by atoms with Crippen molar-refractivity contribution in [2.75, 3.05) is 0 Å². The molecular weight excluding hydrogens is 415 g/mol. The maximum atomic E-state index is 12.7. The van der Waals surface area contributed by atoms with Crippen molar-refractivity contribution in [2.24, 2.45) is 0 Å². The van der Waals surface area contributed by atoms with Crippen LogP contribution in [0.1, 0.15) is 29.8 Å². The second-order valence-electron chi connectivity index (χ2n) is 6.38. The highest BCUT2D eigenvalue weighted by atomic mass is 35.5. The van der Waals surface area contributed by atoms with Gasteiger partial charge in [0.05, 0.1) is 15.5 Å². The summed E-state index contributed by atoms with van der Waals surface area (Å²) in [6.07, 6.45) is -3.23. The highest BCUT2D eigenvalue weighted by Gasteiger charge is 2.31. The van der Waals surface area contributed by atoms with Gasteiger partial charge in [0.15, 0.2) is 0 Å². The van der Waals surface area contributed by atoms with Crippen molar-refractivity contribution >= 4 is 23.3 Å². The lowest BCUT2D eigenvalue weighted by Crippen LogP contribution is -2.25. The average molecular weight is 430 g/mol. The van der Waals surface area contributed by atoms with Gasteiger partial charge < -0.3 is 9.47 Å². The lowest BCUT2D eigenvalue weighted by molar-refractivity contribution is -0.385. The second-order valence-corrected chi connectivity index (χ2v) is 6.79. The van der Waals surface area contributed by atoms with Gasteiger partial charge in [-0.05, 0) is 44.2 Å². The monoisotopic (exact) mass is 429 g/mol. The Kier molecular flexibility index (Phi) is 6.22. The number of halogens is 4. The number of alkyl halides is 3. The van der Waals surface area contributed by atoms with Gasteiger partial charge in [-0.25, -0.2) is 4.79 Å². The zero-order chi connectivity index (χ0) is 22.0. The van der Waals surface area contributed by atoms with Crippen LogP contribution in [0.4, 0.5) is 18.9 Å². The summed E-state index contributed by atoms with van der Waals surface area (Å²) in [6, 6.07) is 5.71.